The summed E-state index contributed by atoms with van der Waals surface area (Å²) in [6.45, 7) is 2.13. The highest BCUT2D eigenvalue weighted by Gasteiger charge is 2.04. The van der Waals surface area contributed by atoms with E-state index in [1.165, 1.54) is 6.07 Å². The Balaban J connectivity index is 2.07. The van der Waals surface area contributed by atoms with Crippen molar-refractivity contribution in [1.82, 2.24) is 0 Å². The molecule has 2 rings (SSSR count). The maximum atomic E-state index is 13.4. The molecule has 0 bridgehead atoms. The van der Waals surface area contributed by atoms with Crippen LogP contribution in [0.3, 0.4) is 0 Å². The van der Waals surface area contributed by atoms with Crippen LogP contribution in [0.5, 0.6) is 11.5 Å². The lowest BCUT2D eigenvalue weighted by atomic mass is 10.1. The van der Waals surface area contributed by atoms with E-state index < -0.39 is 0 Å². The fraction of sp³-hybridized carbons (Fsp3) is 0.200. The Labute approximate surface area is 111 Å². The fourth-order valence-corrected chi connectivity index (χ4v) is 1.72. The number of halogens is 1. The molecule has 0 aliphatic carbocycles. The third-order valence-electron chi connectivity index (χ3n) is 2.95. The Morgan fingerprint density at radius 2 is 2.00 bits per heavy atom. The molecule has 0 saturated heterocycles. The number of methoxy groups -OCH3 is 1. The molecule has 0 aliphatic rings. The third kappa shape index (κ3) is 3.16. The monoisotopic (exact) mass is 261 g/mol. The van der Waals surface area contributed by atoms with E-state index in [9.17, 15) is 9.50 Å². The lowest BCUT2D eigenvalue weighted by Crippen LogP contribution is -2.00. The van der Waals surface area contributed by atoms with Crippen LogP contribution in [0.4, 0.5) is 10.1 Å². The van der Waals surface area contributed by atoms with E-state index >= 15 is 0 Å². The van der Waals surface area contributed by atoms with E-state index in [0.717, 1.165) is 5.56 Å². The Hall–Kier alpha value is -2.23. The quantitative estimate of drug-likeness (QED) is 0.885. The molecule has 0 fully saturated rings. The van der Waals surface area contributed by atoms with Crippen LogP contribution >= 0.6 is 0 Å². The van der Waals surface area contributed by atoms with Crippen LogP contribution in [-0.2, 0) is 6.54 Å². The summed E-state index contributed by atoms with van der Waals surface area (Å²) in [6, 6.07) is 10.0. The van der Waals surface area contributed by atoms with Crippen molar-refractivity contribution in [1.29, 1.82) is 0 Å². The van der Waals surface area contributed by atoms with Gasteiger partial charge in [-0.1, -0.05) is 6.07 Å². The van der Waals surface area contributed by atoms with Gasteiger partial charge >= 0.3 is 0 Å². The molecule has 2 aromatic carbocycles. The molecule has 3 nitrogen and oxygen atoms in total. The second-order valence-electron chi connectivity index (χ2n) is 4.31. The summed E-state index contributed by atoms with van der Waals surface area (Å²) in [5, 5.41) is 12.9. The summed E-state index contributed by atoms with van der Waals surface area (Å²) < 4.78 is 18.4. The van der Waals surface area contributed by atoms with Gasteiger partial charge in [0.2, 0.25) is 0 Å². The van der Waals surface area contributed by atoms with Gasteiger partial charge in [-0.2, -0.15) is 0 Å². The van der Waals surface area contributed by atoms with E-state index in [0.29, 0.717) is 23.5 Å². The molecule has 0 spiro atoms. The second kappa shape index (κ2) is 5.61. The summed E-state index contributed by atoms with van der Waals surface area (Å²) in [7, 11) is 1.54. The van der Waals surface area contributed by atoms with Crippen molar-refractivity contribution in [2.75, 3.05) is 12.4 Å². The summed E-state index contributed by atoms with van der Waals surface area (Å²) in [4.78, 5) is 0. The van der Waals surface area contributed by atoms with Gasteiger partial charge in [-0.05, 0) is 36.8 Å². The van der Waals surface area contributed by atoms with Gasteiger partial charge in [-0.15, -0.1) is 0 Å². The standard InChI is InChI=1S/C15H16FNO2/c1-10-3-5-12(7-14(10)16)17-9-11-4-6-13(19-2)8-15(11)18/h3-8,17-18H,9H2,1-2H3. The van der Waals surface area contributed by atoms with Crippen LogP contribution in [0.2, 0.25) is 0 Å². The number of phenols is 1. The zero-order valence-electron chi connectivity index (χ0n) is 10.9. The Bertz CT molecular complexity index is 584. The molecule has 0 heterocycles. The van der Waals surface area contributed by atoms with Crippen LogP contribution in [-0.4, -0.2) is 12.2 Å². The number of nitrogens with one attached hydrogen (secondary N) is 1. The first-order valence-corrected chi connectivity index (χ1v) is 5.96. The molecule has 100 valence electrons. The van der Waals surface area contributed by atoms with Crippen molar-refractivity contribution in [3.05, 3.63) is 53.3 Å². The van der Waals surface area contributed by atoms with Gasteiger partial charge in [-0.25, -0.2) is 4.39 Å². The highest BCUT2D eigenvalue weighted by atomic mass is 19.1. The minimum absolute atomic E-state index is 0.152. The minimum atomic E-state index is -0.246. The number of anilines is 1. The van der Waals surface area contributed by atoms with Crippen molar-refractivity contribution >= 4 is 5.69 Å². The number of aromatic hydroxyl groups is 1. The van der Waals surface area contributed by atoms with Gasteiger partial charge in [0.25, 0.3) is 0 Å². The smallest absolute Gasteiger partial charge is 0.128 e. The number of hydrogen-bond donors (Lipinski definition) is 2. The molecular formula is C15H16FNO2. The average Bonchev–Trinajstić information content (AvgIpc) is 2.41. The predicted octanol–water partition coefficient (Wildman–Crippen LogP) is 3.46. The highest BCUT2D eigenvalue weighted by molar-refractivity contribution is 5.47. The van der Waals surface area contributed by atoms with Gasteiger partial charge in [-0.3, -0.25) is 0 Å². The molecule has 19 heavy (non-hydrogen) atoms. The molecule has 4 heteroatoms. The predicted molar refractivity (Wildman–Crippen MR) is 73.1 cm³/mol. The number of ether oxygens (including phenoxy) is 1. The second-order valence-corrected chi connectivity index (χ2v) is 4.31. The zero-order valence-corrected chi connectivity index (χ0v) is 10.9. The van der Waals surface area contributed by atoms with E-state index in [2.05, 4.69) is 5.32 Å². The van der Waals surface area contributed by atoms with Crippen LogP contribution in [0.15, 0.2) is 36.4 Å². The van der Waals surface area contributed by atoms with Crippen LogP contribution in [0.1, 0.15) is 11.1 Å². The maximum absolute atomic E-state index is 13.4. The largest absolute Gasteiger partial charge is 0.507 e. The van der Waals surface area contributed by atoms with Crippen LogP contribution in [0.25, 0.3) is 0 Å². The summed E-state index contributed by atoms with van der Waals surface area (Å²) in [5.41, 5.74) is 2.01. The first kappa shape index (κ1) is 13.2. The average molecular weight is 261 g/mol. The lowest BCUT2D eigenvalue weighted by molar-refractivity contribution is 0.406. The summed E-state index contributed by atoms with van der Waals surface area (Å²) in [5.74, 6) is 0.506. The van der Waals surface area contributed by atoms with Crippen molar-refractivity contribution in [3.8, 4) is 11.5 Å². The van der Waals surface area contributed by atoms with Crippen LogP contribution in [0, 0.1) is 12.7 Å². The third-order valence-corrected chi connectivity index (χ3v) is 2.95. The summed E-state index contributed by atoms with van der Waals surface area (Å²) >= 11 is 0. The Kier molecular flexibility index (Phi) is 3.90. The molecule has 2 N–H and O–H groups in total. The Morgan fingerprint density at radius 3 is 2.63 bits per heavy atom. The van der Waals surface area contributed by atoms with Gasteiger partial charge in [0.15, 0.2) is 0 Å². The Morgan fingerprint density at radius 1 is 1.21 bits per heavy atom. The van der Waals surface area contributed by atoms with Crippen molar-refractivity contribution < 1.29 is 14.2 Å². The molecule has 0 atom stereocenters. The number of hydrogen-bond acceptors (Lipinski definition) is 3. The molecule has 0 radical (unpaired) electrons. The first-order valence-electron chi connectivity index (χ1n) is 5.96. The van der Waals surface area contributed by atoms with E-state index in [1.807, 2.05) is 0 Å². The van der Waals surface area contributed by atoms with Crippen molar-refractivity contribution in [2.45, 2.75) is 13.5 Å². The fourth-order valence-electron chi connectivity index (χ4n) is 1.72. The molecular weight excluding hydrogens is 245 g/mol. The molecule has 0 saturated carbocycles. The van der Waals surface area contributed by atoms with E-state index in [1.54, 1.807) is 44.4 Å². The van der Waals surface area contributed by atoms with Gasteiger partial charge in [0.05, 0.1) is 7.11 Å². The number of aryl methyl sites for hydroxylation is 1. The van der Waals surface area contributed by atoms with Gasteiger partial charge in [0.1, 0.15) is 17.3 Å². The van der Waals surface area contributed by atoms with Gasteiger partial charge < -0.3 is 15.2 Å². The molecule has 0 unspecified atom stereocenters. The zero-order chi connectivity index (χ0) is 13.8. The molecule has 2 aromatic rings. The molecule has 0 amide bonds. The number of phenolic OH excluding ortho intramolecular Hbond substituents is 1. The van der Waals surface area contributed by atoms with E-state index in [4.69, 9.17) is 4.74 Å². The van der Waals surface area contributed by atoms with Crippen molar-refractivity contribution in [2.24, 2.45) is 0 Å². The minimum Gasteiger partial charge on any atom is -0.507 e. The topological polar surface area (TPSA) is 41.5 Å². The normalized spacial score (nSPS) is 10.3. The van der Waals surface area contributed by atoms with Crippen molar-refractivity contribution in [3.63, 3.8) is 0 Å². The van der Waals surface area contributed by atoms with E-state index in [-0.39, 0.29) is 11.6 Å². The number of benzene rings is 2. The maximum Gasteiger partial charge on any atom is 0.128 e. The van der Waals surface area contributed by atoms with Gasteiger partial charge in [0, 0.05) is 23.9 Å². The lowest BCUT2D eigenvalue weighted by Gasteiger charge is -2.10. The first-order chi connectivity index (χ1) is 9.10. The molecule has 0 aliphatic heterocycles. The SMILES string of the molecule is COc1ccc(CNc2ccc(C)c(F)c2)c(O)c1. The highest BCUT2D eigenvalue weighted by Crippen LogP contribution is 2.24. The van der Waals surface area contributed by atoms with Crippen LogP contribution < -0.4 is 10.1 Å². The molecule has 0 aromatic heterocycles. The summed E-state index contributed by atoms with van der Waals surface area (Å²) in [6.07, 6.45) is 0. The number of rotatable bonds is 4.